The predicted octanol–water partition coefficient (Wildman–Crippen LogP) is 1.01. The van der Waals surface area contributed by atoms with Gasteiger partial charge in [-0.25, -0.2) is 17.7 Å². The number of hydrogen-bond donors (Lipinski definition) is 1. The number of nitrogens with two attached hydrogens (primary N) is 1. The largest absolute Gasteiger partial charge is 0.384 e. The van der Waals surface area contributed by atoms with Crippen molar-refractivity contribution in [1.82, 2.24) is 9.29 Å². The van der Waals surface area contributed by atoms with Crippen LogP contribution >= 0.6 is 0 Å². The summed E-state index contributed by atoms with van der Waals surface area (Å²) in [5, 5.41) is 0. The zero-order valence-electron chi connectivity index (χ0n) is 10.4. The van der Waals surface area contributed by atoms with E-state index >= 15 is 0 Å². The highest BCUT2D eigenvalue weighted by Gasteiger charge is 2.40. The number of nitrogen functional groups attached to an aromatic ring is 1. The SMILES string of the molecule is Nc1cccc(CN2C(=O)c3ccccc3S2(=O)=O)n1. The Morgan fingerprint density at radius 2 is 1.85 bits per heavy atom. The zero-order valence-corrected chi connectivity index (χ0v) is 11.2. The molecule has 2 heterocycles. The van der Waals surface area contributed by atoms with Gasteiger partial charge in [-0.15, -0.1) is 0 Å². The number of fused-ring (bicyclic) bond motifs is 1. The second-order valence-electron chi connectivity index (χ2n) is 4.37. The summed E-state index contributed by atoms with van der Waals surface area (Å²) < 4.78 is 25.5. The number of rotatable bonds is 2. The molecule has 2 N–H and O–H groups in total. The van der Waals surface area contributed by atoms with Gasteiger partial charge in [0.05, 0.1) is 17.8 Å². The molecule has 3 rings (SSSR count). The van der Waals surface area contributed by atoms with Crippen LogP contribution in [0.2, 0.25) is 0 Å². The molecule has 2 aromatic rings. The summed E-state index contributed by atoms with van der Waals surface area (Å²) in [5.74, 6) is -0.256. The van der Waals surface area contributed by atoms with E-state index in [0.29, 0.717) is 5.69 Å². The van der Waals surface area contributed by atoms with E-state index in [0.717, 1.165) is 4.31 Å². The van der Waals surface area contributed by atoms with Crippen molar-refractivity contribution in [2.45, 2.75) is 11.4 Å². The maximum Gasteiger partial charge on any atom is 0.269 e. The highest BCUT2D eigenvalue weighted by atomic mass is 32.2. The van der Waals surface area contributed by atoms with Gasteiger partial charge in [0.15, 0.2) is 0 Å². The van der Waals surface area contributed by atoms with Crippen LogP contribution < -0.4 is 5.73 Å². The summed E-state index contributed by atoms with van der Waals surface area (Å²) in [4.78, 5) is 16.2. The standard InChI is InChI=1S/C13H11N3O3S/c14-12-7-3-4-9(15-12)8-16-13(17)10-5-1-2-6-11(10)20(16,18)19/h1-7H,8H2,(H2,14,15). The summed E-state index contributed by atoms with van der Waals surface area (Å²) in [6.07, 6.45) is 0. The molecular weight excluding hydrogens is 278 g/mol. The van der Waals surface area contributed by atoms with Crippen LogP contribution in [0, 0.1) is 0 Å². The molecule has 6 nitrogen and oxygen atoms in total. The summed E-state index contributed by atoms with van der Waals surface area (Å²) in [5.41, 5.74) is 6.17. The van der Waals surface area contributed by atoms with Gasteiger partial charge in [-0.2, -0.15) is 0 Å². The third-order valence-corrected chi connectivity index (χ3v) is 4.83. The number of anilines is 1. The molecule has 1 aliphatic rings. The Labute approximate surface area is 115 Å². The fraction of sp³-hybridized carbons (Fsp3) is 0.0769. The molecular formula is C13H11N3O3S. The van der Waals surface area contributed by atoms with Crippen molar-refractivity contribution in [2.24, 2.45) is 0 Å². The Hall–Kier alpha value is -2.41. The lowest BCUT2D eigenvalue weighted by molar-refractivity contribution is 0.0864. The molecule has 0 bridgehead atoms. The molecule has 1 aliphatic heterocycles. The molecule has 7 heteroatoms. The minimum absolute atomic E-state index is 0.0360. The van der Waals surface area contributed by atoms with Crippen molar-refractivity contribution in [3.05, 3.63) is 53.7 Å². The summed E-state index contributed by atoms with van der Waals surface area (Å²) in [6.45, 7) is -0.124. The fourth-order valence-corrected chi connectivity index (χ4v) is 3.66. The lowest BCUT2D eigenvalue weighted by Crippen LogP contribution is -2.29. The molecule has 0 radical (unpaired) electrons. The highest BCUT2D eigenvalue weighted by Crippen LogP contribution is 2.30. The van der Waals surface area contributed by atoms with Gasteiger partial charge < -0.3 is 5.73 Å². The van der Waals surface area contributed by atoms with Crippen LogP contribution in [-0.2, 0) is 16.6 Å². The number of carbonyl (C=O) groups is 1. The number of benzene rings is 1. The average molecular weight is 289 g/mol. The number of pyridine rings is 1. The molecule has 20 heavy (non-hydrogen) atoms. The number of sulfonamides is 1. The molecule has 0 fully saturated rings. The molecule has 1 amide bonds. The molecule has 0 unspecified atom stereocenters. The van der Waals surface area contributed by atoms with E-state index in [9.17, 15) is 13.2 Å². The minimum Gasteiger partial charge on any atom is -0.384 e. The molecule has 0 atom stereocenters. The van der Waals surface area contributed by atoms with Crippen LogP contribution in [0.3, 0.4) is 0 Å². The number of carbonyl (C=O) groups excluding carboxylic acids is 1. The lowest BCUT2D eigenvalue weighted by Gasteiger charge is -2.14. The quantitative estimate of drug-likeness (QED) is 0.890. The van der Waals surface area contributed by atoms with Crippen LogP contribution in [0.1, 0.15) is 16.1 Å². The van der Waals surface area contributed by atoms with E-state index in [4.69, 9.17) is 5.73 Å². The van der Waals surface area contributed by atoms with Crippen molar-refractivity contribution in [3.63, 3.8) is 0 Å². The molecule has 0 aliphatic carbocycles. The first-order valence-electron chi connectivity index (χ1n) is 5.87. The van der Waals surface area contributed by atoms with E-state index in [2.05, 4.69) is 4.98 Å². The molecule has 102 valence electrons. The first-order valence-corrected chi connectivity index (χ1v) is 7.31. The highest BCUT2D eigenvalue weighted by molar-refractivity contribution is 7.90. The summed E-state index contributed by atoms with van der Waals surface area (Å²) in [6, 6.07) is 11.0. The van der Waals surface area contributed by atoms with Gasteiger partial charge in [0.2, 0.25) is 0 Å². The van der Waals surface area contributed by atoms with Crippen LogP contribution in [0.15, 0.2) is 47.4 Å². The predicted molar refractivity (Wildman–Crippen MR) is 72.2 cm³/mol. The molecule has 1 aromatic heterocycles. The van der Waals surface area contributed by atoms with Crippen molar-refractivity contribution < 1.29 is 13.2 Å². The first-order chi connectivity index (χ1) is 9.50. The summed E-state index contributed by atoms with van der Waals surface area (Å²) >= 11 is 0. The van der Waals surface area contributed by atoms with E-state index < -0.39 is 15.9 Å². The van der Waals surface area contributed by atoms with E-state index in [1.807, 2.05) is 0 Å². The number of aromatic nitrogens is 1. The Bertz CT molecular complexity index is 802. The average Bonchev–Trinajstić information content (AvgIpc) is 2.61. The van der Waals surface area contributed by atoms with Crippen molar-refractivity contribution in [2.75, 3.05) is 5.73 Å². The maximum absolute atomic E-state index is 12.3. The Morgan fingerprint density at radius 1 is 1.10 bits per heavy atom. The number of nitrogens with zero attached hydrogens (tertiary/aromatic N) is 2. The topological polar surface area (TPSA) is 93.4 Å². The second-order valence-corrected chi connectivity index (χ2v) is 6.20. The number of amides is 1. The smallest absolute Gasteiger partial charge is 0.269 e. The van der Waals surface area contributed by atoms with Crippen LogP contribution in [0.4, 0.5) is 5.82 Å². The number of hydrogen-bond acceptors (Lipinski definition) is 5. The normalized spacial score (nSPS) is 16.2. The molecule has 0 spiro atoms. The van der Waals surface area contributed by atoms with Gasteiger partial charge in [-0.1, -0.05) is 18.2 Å². The third-order valence-electron chi connectivity index (χ3n) is 3.05. The summed E-state index contributed by atoms with van der Waals surface area (Å²) in [7, 11) is -3.80. The third kappa shape index (κ3) is 1.83. The van der Waals surface area contributed by atoms with E-state index in [-0.39, 0.29) is 22.8 Å². The minimum atomic E-state index is -3.80. The van der Waals surface area contributed by atoms with E-state index in [1.165, 1.54) is 12.1 Å². The Morgan fingerprint density at radius 3 is 2.55 bits per heavy atom. The van der Waals surface area contributed by atoms with Gasteiger partial charge in [-0.3, -0.25) is 4.79 Å². The molecule has 0 saturated heterocycles. The van der Waals surface area contributed by atoms with Gasteiger partial charge in [0.1, 0.15) is 10.7 Å². The van der Waals surface area contributed by atoms with Crippen LogP contribution in [0.25, 0.3) is 0 Å². The second kappa shape index (κ2) is 4.31. The maximum atomic E-state index is 12.3. The zero-order chi connectivity index (χ0) is 14.3. The van der Waals surface area contributed by atoms with Gasteiger partial charge in [0, 0.05) is 0 Å². The van der Waals surface area contributed by atoms with Crippen molar-refractivity contribution in [3.8, 4) is 0 Å². The monoisotopic (exact) mass is 289 g/mol. The van der Waals surface area contributed by atoms with Gasteiger partial charge in [-0.05, 0) is 24.3 Å². The Balaban J connectivity index is 2.03. The van der Waals surface area contributed by atoms with E-state index in [1.54, 1.807) is 30.3 Å². The van der Waals surface area contributed by atoms with Crippen LogP contribution in [0.5, 0.6) is 0 Å². The first kappa shape index (κ1) is 12.6. The van der Waals surface area contributed by atoms with Crippen molar-refractivity contribution in [1.29, 1.82) is 0 Å². The molecule has 0 saturated carbocycles. The Kier molecular flexibility index (Phi) is 2.72. The van der Waals surface area contributed by atoms with Gasteiger partial charge >= 0.3 is 0 Å². The van der Waals surface area contributed by atoms with Crippen LogP contribution in [-0.4, -0.2) is 23.6 Å². The molecule has 1 aromatic carbocycles. The van der Waals surface area contributed by atoms with Crippen molar-refractivity contribution >= 4 is 21.7 Å². The lowest BCUT2D eigenvalue weighted by atomic mass is 10.2. The van der Waals surface area contributed by atoms with Gasteiger partial charge in [0.25, 0.3) is 15.9 Å². The fourth-order valence-electron chi connectivity index (χ4n) is 2.12.